The molecule has 0 spiro atoms. The minimum atomic E-state index is -0.870. The summed E-state index contributed by atoms with van der Waals surface area (Å²) in [5.74, 6) is -1.68. The van der Waals surface area contributed by atoms with Gasteiger partial charge in [-0.2, -0.15) is 0 Å². The van der Waals surface area contributed by atoms with E-state index in [0.29, 0.717) is 18.8 Å². The molecule has 1 rings (SSSR count). The van der Waals surface area contributed by atoms with Crippen molar-refractivity contribution in [3.8, 4) is 0 Å². The molecule has 0 aliphatic carbocycles. The van der Waals surface area contributed by atoms with Crippen LogP contribution in [0, 0.1) is 18.6 Å². The molecule has 132 valence electrons. The Labute approximate surface area is 144 Å². The van der Waals surface area contributed by atoms with E-state index in [-0.39, 0.29) is 22.0 Å². The quantitative estimate of drug-likeness (QED) is 0.245. The number of nitrogens with zero attached hydrogens (tertiary/aromatic N) is 1. The van der Waals surface area contributed by atoms with E-state index in [0.717, 1.165) is 0 Å². The second-order valence-corrected chi connectivity index (χ2v) is 6.11. The lowest BCUT2D eigenvalue weighted by Gasteiger charge is -2.16. The van der Waals surface area contributed by atoms with Crippen molar-refractivity contribution in [1.82, 2.24) is 4.90 Å². The number of hydrogen-bond acceptors (Lipinski definition) is 3. The Balaban J connectivity index is 3.51. The molecular formula is C18H24F2NO2P. The van der Waals surface area contributed by atoms with Gasteiger partial charge in [0.15, 0.2) is 0 Å². The number of Topliss-reactive ketones (excluding diaryl/α,β-unsaturated/α-hetero) is 1. The van der Waals surface area contributed by atoms with Gasteiger partial charge in [-0.3, -0.25) is 4.79 Å². The average Bonchev–Trinajstić information content (AvgIpc) is 2.53. The molecule has 0 N–H and O–H groups in total. The van der Waals surface area contributed by atoms with Crippen molar-refractivity contribution >= 4 is 20.3 Å². The topological polar surface area (TPSA) is 29.5 Å². The molecular weight excluding hydrogens is 331 g/mol. The second kappa shape index (κ2) is 8.93. The van der Waals surface area contributed by atoms with Gasteiger partial charge in [0.2, 0.25) is 5.78 Å². The first-order valence-corrected chi connectivity index (χ1v) is 8.32. The Morgan fingerprint density at radius 2 is 1.92 bits per heavy atom. The molecule has 0 fully saturated rings. The molecule has 0 aromatic heterocycles. The highest BCUT2D eigenvalue weighted by molar-refractivity contribution is 7.27. The molecule has 1 atom stereocenters. The van der Waals surface area contributed by atoms with Gasteiger partial charge < -0.3 is 9.64 Å². The standard InChI is InChI=1S/C18H24F2NO2P/c1-6-8-14(23-7-2)13(10-21(4)5)17(22)12-9-11(3)15(19)18(24)16(12)20/h8-10H,6-7,24H2,1-5H3/b13-10+,14-8+. The number of halogens is 2. The minimum absolute atomic E-state index is 0.172. The van der Waals surface area contributed by atoms with E-state index in [1.807, 2.05) is 23.1 Å². The number of carbonyl (C=O) groups is 1. The van der Waals surface area contributed by atoms with Gasteiger partial charge in [0.1, 0.15) is 17.4 Å². The van der Waals surface area contributed by atoms with Crippen LogP contribution >= 0.6 is 9.24 Å². The zero-order valence-electron chi connectivity index (χ0n) is 14.7. The molecule has 1 aromatic carbocycles. The third-order valence-corrected chi connectivity index (χ3v) is 3.75. The Kier molecular flexibility index (Phi) is 7.56. The van der Waals surface area contributed by atoms with Crippen LogP contribution in [0.4, 0.5) is 8.78 Å². The molecule has 24 heavy (non-hydrogen) atoms. The third kappa shape index (κ3) is 4.64. The largest absolute Gasteiger partial charge is 0.493 e. The highest BCUT2D eigenvalue weighted by atomic mass is 31.0. The van der Waals surface area contributed by atoms with E-state index in [9.17, 15) is 13.6 Å². The van der Waals surface area contributed by atoms with Gasteiger partial charge in [0.05, 0.1) is 17.7 Å². The summed E-state index contributed by atoms with van der Waals surface area (Å²) in [5.41, 5.74) is 0.276. The molecule has 0 aliphatic rings. The minimum Gasteiger partial charge on any atom is -0.493 e. The number of allylic oxidation sites excluding steroid dienone is 2. The van der Waals surface area contributed by atoms with Crippen LogP contribution in [0.3, 0.4) is 0 Å². The van der Waals surface area contributed by atoms with Gasteiger partial charge >= 0.3 is 0 Å². The number of hydrogen-bond donors (Lipinski definition) is 0. The molecule has 0 heterocycles. The summed E-state index contributed by atoms with van der Waals surface area (Å²) in [4.78, 5) is 14.6. The smallest absolute Gasteiger partial charge is 0.201 e. The molecule has 0 bridgehead atoms. The van der Waals surface area contributed by atoms with E-state index in [1.54, 1.807) is 31.3 Å². The van der Waals surface area contributed by atoms with E-state index < -0.39 is 17.4 Å². The first-order valence-electron chi connectivity index (χ1n) is 7.74. The van der Waals surface area contributed by atoms with E-state index in [2.05, 4.69) is 0 Å². The fourth-order valence-electron chi connectivity index (χ4n) is 2.19. The van der Waals surface area contributed by atoms with E-state index >= 15 is 0 Å². The molecule has 0 saturated carbocycles. The number of ketones is 1. The van der Waals surface area contributed by atoms with Crippen LogP contribution in [0.1, 0.15) is 36.2 Å². The number of carbonyl (C=O) groups excluding carboxylic acids is 1. The van der Waals surface area contributed by atoms with Crippen molar-refractivity contribution in [2.45, 2.75) is 27.2 Å². The van der Waals surface area contributed by atoms with Crippen LogP contribution in [0.2, 0.25) is 0 Å². The Hall–Kier alpha value is -1.74. The lowest BCUT2D eigenvalue weighted by molar-refractivity contribution is 0.101. The highest BCUT2D eigenvalue weighted by Crippen LogP contribution is 2.23. The normalized spacial score (nSPS) is 12.3. The van der Waals surface area contributed by atoms with Gasteiger partial charge in [-0.1, -0.05) is 16.2 Å². The molecule has 1 unspecified atom stereocenters. The zero-order valence-corrected chi connectivity index (χ0v) is 15.9. The van der Waals surface area contributed by atoms with Gasteiger partial charge in [0, 0.05) is 25.6 Å². The molecule has 0 saturated heterocycles. The SMILES string of the molecule is CC/C=C(OCC)\C(=C/N(C)C)C(=O)c1cc(C)c(F)c(P)c1F. The van der Waals surface area contributed by atoms with Crippen molar-refractivity contribution < 1.29 is 18.3 Å². The molecule has 0 aliphatic heterocycles. The van der Waals surface area contributed by atoms with Crippen molar-refractivity contribution in [3.63, 3.8) is 0 Å². The Morgan fingerprint density at radius 3 is 2.42 bits per heavy atom. The molecule has 1 aromatic rings. The van der Waals surface area contributed by atoms with Crippen LogP contribution < -0.4 is 5.30 Å². The van der Waals surface area contributed by atoms with Crippen molar-refractivity contribution in [1.29, 1.82) is 0 Å². The molecule has 3 nitrogen and oxygen atoms in total. The first-order chi connectivity index (χ1) is 11.2. The third-order valence-electron chi connectivity index (χ3n) is 3.25. The van der Waals surface area contributed by atoms with E-state index in [4.69, 9.17) is 4.74 Å². The summed E-state index contributed by atoms with van der Waals surface area (Å²) in [5, 5.41) is -0.236. The predicted octanol–water partition coefficient (Wildman–Crippen LogP) is 3.73. The maximum absolute atomic E-state index is 14.4. The fourth-order valence-corrected chi connectivity index (χ4v) is 2.57. The van der Waals surface area contributed by atoms with Crippen molar-refractivity contribution in [2.24, 2.45) is 0 Å². The van der Waals surface area contributed by atoms with Crippen molar-refractivity contribution in [3.05, 3.63) is 52.4 Å². The number of rotatable bonds is 7. The van der Waals surface area contributed by atoms with Crippen LogP contribution in [-0.4, -0.2) is 31.4 Å². The maximum atomic E-state index is 14.4. The summed E-state index contributed by atoms with van der Waals surface area (Å²) < 4.78 is 33.8. The lowest BCUT2D eigenvalue weighted by Crippen LogP contribution is -2.19. The van der Waals surface area contributed by atoms with E-state index in [1.165, 1.54) is 13.0 Å². The summed E-state index contributed by atoms with van der Waals surface area (Å²) in [6, 6.07) is 1.24. The Morgan fingerprint density at radius 1 is 1.29 bits per heavy atom. The monoisotopic (exact) mass is 355 g/mol. The molecule has 0 radical (unpaired) electrons. The van der Waals surface area contributed by atoms with Gasteiger partial charge in [0.25, 0.3) is 0 Å². The van der Waals surface area contributed by atoms with Crippen LogP contribution in [0.25, 0.3) is 0 Å². The maximum Gasteiger partial charge on any atom is 0.201 e. The first kappa shape index (κ1) is 20.3. The second-order valence-electron chi connectivity index (χ2n) is 5.53. The summed E-state index contributed by atoms with van der Waals surface area (Å²) >= 11 is 0. The van der Waals surface area contributed by atoms with Crippen LogP contribution in [-0.2, 0) is 4.74 Å². The Bertz CT molecular complexity index is 682. The lowest BCUT2D eigenvalue weighted by atomic mass is 9.99. The zero-order chi connectivity index (χ0) is 18.4. The summed E-state index contributed by atoms with van der Waals surface area (Å²) in [6.07, 6.45) is 4.01. The number of ether oxygens (including phenoxy) is 1. The molecule has 0 amide bonds. The van der Waals surface area contributed by atoms with Crippen LogP contribution in [0.15, 0.2) is 29.7 Å². The average molecular weight is 355 g/mol. The highest BCUT2D eigenvalue weighted by Gasteiger charge is 2.24. The molecule has 6 heteroatoms. The number of benzene rings is 1. The van der Waals surface area contributed by atoms with Gasteiger partial charge in [-0.25, -0.2) is 8.78 Å². The summed E-state index contributed by atoms with van der Waals surface area (Å²) in [6.45, 7) is 5.61. The van der Waals surface area contributed by atoms with Gasteiger partial charge in [-0.15, -0.1) is 0 Å². The van der Waals surface area contributed by atoms with Gasteiger partial charge in [-0.05, 0) is 38.0 Å². The summed E-state index contributed by atoms with van der Waals surface area (Å²) in [7, 11) is 5.53. The predicted molar refractivity (Wildman–Crippen MR) is 96.5 cm³/mol. The fraction of sp³-hybridized carbons (Fsp3) is 0.389. The van der Waals surface area contributed by atoms with Crippen molar-refractivity contribution in [2.75, 3.05) is 20.7 Å². The van der Waals surface area contributed by atoms with Crippen LogP contribution in [0.5, 0.6) is 0 Å². The number of aryl methyl sites for hydroxylation is 1.